The van der Waals surface area contributed by atoms with E-state index < -0.39 is 0 Å². The number of benzene rings is 1. The molecule has 0 aliphatic carbocycles. The smallest absolute Gasteiger partial charge is 0.249 e. The minimum absolute atomic E-state index is 0.0540. The normalized spacial score (nSPS) is 17.0. The second-order valence-corrected chi connectivity index (χ2v) is 7.11. The van der Waals surface area contributed by atoms with Crippen molar-refractivity contribution >= 4 is 23.4 Å². The van der Waals surface area contributed by atoms with Crippen LogP contribution in [0.15, 0.2) is 28.8 Å². The maximum absolute atomic E-state index is 12.8. The molecule has 1 atom stereocenters. The summed E-state index contributed by atoms with van der Waals surface area (Å²) in [4.78, 5) is 32.2. The van der Waals surface area contributed by atoms with Crippen LogP contribution >= 0.6 is 11.6 Å². The van der Waals surface area contributed by atoms with Crippen molar-refractivity contribution in [2.45, 2.75) is 38.6 Å². The predicted molar refractivity (Wildman–Crippen MR) is 101 cm³/mol. The van der Waals surface area contributed by atoms with Crippen molar-refractivity contribution in [2.24, 2.45) is 0 Å². The van der Waals surface area contributed by atoms with Crippen LogP contribution < -0.4 is 0 Å². The number of likely N-dealkylation sites (tertiary alicyclic amines) is 1. The van der Waals surface area contributed by atoms with Crippen LogP contribution in [-0.4, -0.2) is 51.9 Å². The molecule has 0 saturated carbocycles. The molecule has 1 aromatic carbocycles. The van der Waals surface area contributed by atoms with E-state index in [4.69, 9.17) is 16.1 Å². The standard InChI is InChI=1S/C19H23ClN4O3/c1-3-16(25)23(2)12-17(26)24-10-5-4-9-15(24)19-21-18(22-27-19)13-7-6-8-14(20)11-13/h6-8,11,15H,3-5,9-10,12H2,1-2H3. The Kier molecular flexibility index (Phi) is 6.11. The SMILES string of the molecule is CCC(=O)N(C)CC(=O)N1CCCCC1c1nc(-c2cccc(Cl)c2)no1. The molecule has 1 aliphatic rings. The van der Waals surface area contributed by atoms with Gasteiger partial charge >= 0.3 is 0 Å². The molecule has 27 heavy (non-hydrogen) atoms. The first kappa shape index (κ1) is 19.4. The highest BCUT2D eigenvalue weighted by atomic mass is 35.5. The first-order chi connectivity index (χ1) is 13.0. The van der Waals surface area contributed by atoms with Gasteiger partial charge in [0.25, 0.3) is 0 Å². The fraction of sp³-hybridized carbons (Fsp3) is 0.474. The predicted octanol–water partition coefficient (Wildman–Crippen LogP) is 3.31. The van der Waals surface area contributed by atoms with E-state index in [9.17, 15) is 9.59 Å². The summed E-state index contributed by atoms with van der Waals surface area (Å²) in [5.74, 6) is 0.704. The van der Waals surface area contributed by atoms with Crippen molar-refractivity contribution in [3.63, 3.8) is 0 Å². The molecule has 0 spiro atoms. The van der Waals surface area contributed by atoms with E-state index in [1.165, 1.54) is 4.90 Å². The number of rotatable bonds is 5. The molecule has 0 N–H and O–H groups in total. The molecule has 1 aliphatic heterocycles. The number of amides is 2. The van der Waals surface area contributed by atoms with Crippen LogP contribution in [0.4, 0.5) is 0 Å². The fourth-order valence-corrected chi connectivity index (χ4v) is 3.44. The van der Waals surface area contributed by atoms with E-state index in [0.29, 0.717) is 29.7 Å². The summed E-state index contributed by atoms with van der Waals surface area (Å²) >= 11 is 6.03. The van der Waals surface area contributed by atoms with E-state index in [-0.39, 0.29) is 24.4 Å². The minimum atomic E-state index is -0.267. The van der Waals surface area contributed by atoms with Crippen LogP contribution in [0.5, 0.6) is 0 Å². The van der Waals surface area contributed by atoms with Crippen LogP contribution in [0.25, 0.3) is 11.4 Å². The molecule has 2 amide bonds. The van der Waals surface area contributed by atoms with Gasteiger partial charge in [-0.25, -0.2) is 0 Å². The lowest BCUT2D eigenvalue weighted by Crippen LogP contribution is -2.44. The molecule has 8 heteroatoms. The average molecular weight is 391 g/mol. The number of carbonyl (C=O) groups is 2. The molecular formula is C19H23ClN4O3. The van der Waals surface area contributed by atoms with Gasteiger partial charge in [-0.05, 0) is 31.4 Å². The molecule has 7 nitrogen and oxygen atoms in total. The van der Waals surface area contributed by atoms with Gasteiger partial charge in [0.2, 0.25) is 23.5 Å². The van der Waals surface area contributed by atoms with Crippen LogP contribution in [0.2, 0.25) is 5.02 Å². The van der Waals surface area contributed by atoms with Gasteiger partial charge in [-0.15, -0.1) is 0 Å². The lowest BCUT2D eigenvalue weighted by atomic mass is 10.0. The molecule has 3 rings (SSSR count). The Morgan fingerprint density at radius 3 is 2.93 bits per heavy atom. The number of nitrogens with zero attached hydrogens (tertiary/aromatic N) is 4. The number of hydrogen-bond acceptors (Lipinski definition) is 5. The summed E-state index contributed by atoms with van der Waals surface area (Å²) in [6, 6.07) is 6.96. The quantitative estimate of drug-likeness (QED) is 0.782. The zero-order chi connectivity index (χ0) is 19.4. The summed E-state index contributed by atoms with van der Waals surface area (Å²) < 4.78 is 5.47. The van der Waals surface area contributed by atoms with Gasteiger partial charge in [-0.2, -0.15) is 4.98 Å². The highest BCUT2D eigenvalue weighted by Crippen LogP contribution is 2.31. The Morgan fingerprint density at radius 1 is 1.37 bits per heavy atom. The summed E-state index contributed by atoms with van der Waals surface area (Å²) in [6.07, 6.45) is 3.03. The van der Waals surface area contributed by atoms with Gasteiger partial charge in [0, 0.05) is 30.6 Å². The van der Waals surface area contributed by atoms with Gasteiger partial charge in [0.05, 0.1) is 6.54 Å². The minimum Gasteiger partial charge on any atom is -0.337 e. The van der Waals surface area contributed by atoms with Crippen molar-refractivity contribution in [1.29, 1.82) is 0 Å². The molecule has 0 bridgehead atoms. The maximum Gasteiger partial charge on any atom is 0.249 e. The second-order valence-electron chi connectivity index (χ2n) is 6.67. The number of halogens is 1. The topological polar surface area (TPSA) is 79.5 Å². The van der Waals surface area contributed by atoms with E-state index in [0.717, 1.165) is 24.8 Å². The van der Waals surface area contributed by atoms with E-state index in [1.54, 1.807) is 31.0 Å². The molecular weight excluding hydrogens is 368 g/mol. The molecule has 1 fully saturated rings. The Morgan fingerprint density at radius 2 is 2.19 bits per heavy atom. The number of carbonyl (C=O) groups excluding carboxylic acids is 2. The van der Waals surface area contributed by atoms with E-state index in [1.807, 2.05) is 12.1 Å². The second kappa shape index (κ2) is 8.52. The molecule has 2 heterocycles. The zero-order valence-electron chi connectivity index (χ0n) is 15.5. The molecule has 0 radical (unpaired) electrons. The van der Waals surface area contributed by atoms with Crippen molar-refractivity contribution in [1.82, 2.24) is 19.9 Å². The first-order valence-corrected chi connectivity index (χ1v) is 9.50. The van der Waals surface area contributed by atoms with Gasteiger partial charge in [0.1, 0.15) is 6.04 Å². The summed E-state index contributed by atoms with van der Waals surface area (Å²) in [7, 11) is 1.65. The van der Waals surface area contributed by atoms with Crippen molar-refractivity contribution < 1.29 is 14.1 Å². The Balaban J connectivity index is 1.77. The molecule has 2 aromatic rings. The zero-order valence-corrected chi connectivity index (χ0v) is 16.3. The van der Waals surface area contributed by atoms with Gasteiger partial charge < -0.3 is 14.3 Å². The summed E-state index contributed by atoms with van der Waals surface area (Å²) in [5, 5.41) is 4.65. The van der Waals surface area contributed by atoms with Crippen molar-refractivity contribution in [2.75, 3.05) is 20.1 Å². The summed E-state index contributed by atoms with van der Waals surface area (Å²) in [6.45, 7) is 2.45. The third-order valence-electron chi connectivity index (χ3n) is 4.73. The molecule has 144 valence electrons. The Hall–Kier alpha value is -2.41. The Labute approximate surface area is 163 Å². The summed E-state index contributed by atoms with van der Waals surface area (Å²) in [5.41, 5.74) is 0.763. The van der Waals surface area contributed by atoms with Crippen LogP contribution in [0.1, 0.15) is 44.5 Å². The van der Waals surface area contributed by atoms with Crippen molar-refractivity contribution in [3.05, 3.63) is 35.2 Å². The Bertz CT molecular complexity index is 823. The van der Waals surface area contributed by atoms with Crippen molar-refractivity contribution in [3.8, 4) is 11.4 Å². The number of likely N-dealkylation sites (N-methyl/N-ethyl adjacent to an activating group) is 1. The van der Waals surface area contributed by atoms with Gasteiger partial charge in [-0.3, -0.25) is 9.59 Å². The number of aromatic nitrogens is 2. The monoisotopic (exact) mass is 390 g/mol. The van der Waals surface area contributed by atoms with Crippen LogP contribution in [0.3, 0.4) is 0 Å². The third kappa shape index (κ3) is 4.47. The van der Waals surface area contributed by atoms with Crippen LogP contribution in [-0.2, 0) is 9.59 Å². The fourth-order valence-electron chi connectivity index (χ4n) is 3.25. The number of piperidine rings is 1. The lowest BCUT2D eigenvalue weighted by molar-refractivity contribution is -0.142. The molecule has 1 aromatic heterocycles. The first-order valence-electron chi connectivity index (χ1n) is 9.12. The van der Waals surface area contributed by atoms with E-state index in [2.05, 4.69) is 10.1 Å². The molecule has 1 unspecified atom stereocenters. The molecule has 1 saturated heterocycles. The average Bonchev–Trinajstić information content (AvgIpc) is 3.17. The highest BCUT2D eigenvalue weighted by Gasteiger charge is 2.32. The van der Waals surface area contributed by atoms with Gasteiger partial charge in [-0.1, -0.05) is 35.8 Å². The largest absolute Gasteiger partial charge is 0.337 e. The third-order valence-corrected chi connectivity index (χ3v) is 4.97. The van der Waals surface area contributed by atoms with Gasteiger partial charge in [0.15, 0.2) is 0 Å². The number of hydrogen-bond donors (Lipinski definition) is 0. The van der Waals surface area contributed by atoms with E-state index >= 15 is 0 Å². The highest BCUT2D eigenvalue weighted by molar-refractivity contribution is 6.30. The van der Waals surface area contributed by atoms with Crippen LogP contribution in [0, 0.1) is 0 Å². The maximum atomic E-state index is 12.8. The lowest BCUT2D eigenvalue weighted by Gasteiger charge is -2.34.